The van der Waals surface area contributed by atoms with Crippen molar-refractivity contribution in [1.82, 2.24) is 5.32 Å². The molecule has 2 N–H and O–H groups in total. The summed E-state index contributed by atoms with van der Waals surface area (Å²) in [6, 6.07) is 5.41. The molecule has 0 heterocycles. The van der Waals surface area contributed by atoms with E-state index in [4.69, 9.17) is 0 Å². The average Bonchev–Trinajstić information content (AvgIpc) is 2.57. The molecule has 2 aromatic rings. The van der Waals surface area contributed by atoms with Crippen LogP contribution in [0.5, 0.6) is 0 Å². The SMILES string of the molecule is CC(C)(C)N(C(=O)O)c1cc(F)c(C(=O)NCc2ccc(F)c(F)c2)cc1I. The standard InChI is InChI=1S/C19H18F3IN2O3/c1-19(2,3)25(18(27)28)16-8-13(21)11(7-15(16)23)17(26)24-9-10-4-5-12(20)14(22)6-10/h4-8H,9H2,1-3H3,(H,24,26)(H,27,28). The largest absolute Gasteiger partial charge is 0.465 e. The summed E-state index contributed by atoms with van der Waals surface area (Å²) >= 11 is 1.83. The second kappa shape index (κ2) is 8.38. The number of benzene rings is 2. The van der Waals surface area contributed by atoms with Crippen LogP contribution in [0.2, 0.25) is 0 Å². The van der Waals surface area contributed by atoms with Gasteiger partial charge in [0, 0.05) is 15.7 Å². The minimum atomic E-state index is -1.25. The van der Waals surface area contributed by atoms with Gasteiger partial charge in [-0.25, -0.2) is 18.0 Å². The zero-order valence-electron chi connectivity index (χ0n) is 15.3. The number of hydrogen-bond donors (Lipinski definition) is 2. The molecule has 0 aliphatic carbocycles. The number of carboxylic acid groups (broad SMARTS) is 1. The number of rotatable bonds is 4. The van der Waals surface area contributed by atoms with Crippen LogP contribution in [-0.2, 0) is 6.54 Å². The van der Waals surface area contributed by atoms with Crippen LogP contribution < -0.4 is 10.2 Å². The second-order valence-corrected chi connectivity index (χ2v) is 8.17. The molecule has 2 aromatic carbocycles. The number of halogens is 4. The van der Waals surface area contributed by atoms with Crippen molar-refractivity contribution in [3.05, 3.63) is 62.5 Å². The Morgan fingerprint density at radius 3 is 2.25 bits per heavy atom. The Morgan fingerprint density at radius 1 is 1.07 bits per heavy atom. The predicted octanol–water partition coefficient (Wildman–Crippen LogP) is 4.92. The van der Waals surface area contributed by atoms with Gasteiger partial charge in [-0.05, 0) is 73.2 Å². The van der Waals surface area contributed by atoms with Gasteiger partial charge in [0.1, 0.15) is 5.82 Å². The molecule has 0 radical (unpaired) electrons. The summed E-state index contributed by atoms with van der Waals surface area (Å²) in [6.45, 7) is 4.86. The summed E-state index contributed by atoms with van der Waals surface area (Å²) in [5.74, 6) is -3.71. The Kier molecular flexibility index (Phi) is 6.58. The van der Waals surface area contributed by atoms with Crippen LogP contribution in [0, 0.1) is 21.0 Å². The van der Waals surface area contributed by atoms with E-state index >= 15 is 0 Å². The zero-order chi connectivity index (χ0) is 21.2. The van der Waals surface area contributed by atoms with Gasteiger partial charge < -0.3 is 10.4 Å². The Balaban J connectivity index is 2.26. The lowest BCUT2D eigenvalue weighted by atomic mass is 10.0. The van der Waals surface area contributed by atoms with E-state index in [0.717, 1.165) is 23.1 Å². The smallest absolute Gasteiger partial charge is 0.412 e. The molecule has 28 heavy (non-hydrogen) atoms. The number of anilines is 1. The maximum atomic E-state index is 14.5. The summed E-state index contributed by atoms with van der Waals surface area (Å²) in [5, 5.41) is 11.9. The number of carbonyl (C=O) groups excluding carboxylic acids is 1. The van der Waals surface area contributed by atoms with Crippen molar-refractivity contribution in [2.45, 2.75) is 32.9 Å². The molecule has 150 valence electrons. The Morgan fingerprint density at radius 2 is 1.71 bits per heavy atom. The Bertz CT molecular complexity index is 929. The second-order valence-electron chi connectivity index (χ2n) is 7.00. The van der Waals surface area contributed by atoms with E-state index < -0.39 is 35.0 Å². The van der Waals surface area contributed by atoms with Crippen LogP contribution in [0.15, 0.2) is 30.3 Å². The predicted molar refractivity (Wildman–Crippen MR) is 107 cm³/mol. The normalized spacial score (nSPS) is 11.2. The zero-order valence-corrected chi connectivity index (χ0v) is 17.5. The van der Waals surface area contributed by atoms with Crippen LogP contribution in [0.25, 0.3) is 0 Å². The topological polar surface area (TPSA) is 69.6 Å². The number of amides is 2. The number of nitrogens with one attached hydrogen (secondary N) is 1. The lowest BCUT2D eigenvalue weighted by Crippen LogP contribution is -2.45. The summed E-state index contributed by atoms with van der Waals surface area (Å²) in [7, 11) is 0. The molecule has 0 spiro atoms. The van der Waals surface area contributed by atoms with E-state index in [1.165, 1.54) is 12.1 Å². The highest BCUT2D eigenvalue weighted by atomic mass is 127. The highest BCUT2D eigenvalue weighted by Gasteiger charge is 2.30. The molecular formula is C19H18F3IN2O3. The van der Waals surface area contributed by atoms with E-state index in [0.29, 0.717) is 9.13 Å². The molecule has 2 rings (SSSR count). The molecule has 0 saturated heterocycles. The lowest BCUT2D eigenvalue weighted by molar-refractivity contribution is 0.0946. The first-order valence-electron chi connectivity index (χ1n) is 8.16. The maximum absolute atomic E-state index is 14.5. The number of hydrogen-bond acceptors (Lipinski definition) is 2. The van der Waals surface area contributed by atoms with Crippen molar-refractivity contribution in [3.8, 4) is 0 Å². The van der Waals surface area contributed by atoms with Crippen molar-refractivity contribution in [2.75, 3.05) is 4.90 Å². The van der Waals surface area contributed by atoms with Gasteiger partial charge in [-0.1, -0.05) is 6.07 Å². The third-order valence-corrected chi connectivity index (χ3v) is 4.69. The highest BCUT2D eigenvalue weighted by molar-refractivity contribution is 14.1. The lowest BCUT2D eigenvalue weighted by Gasteiger charge is -2.34. The molecular weight excluding hydrogens is 488 g/mol. The molecule has 0 aromatic heterocycles. The van der Waals surface area contributed by atoms with Crippen LogP contribution in [-0.4, -0.2) is 22.6 Å². The van der Waals surface area contributed by atoms with Gasteiger partial charge in [-0.15, -0.1) is 0 Å². The first kappa shape index (κ1) is 22.0. The van der Waals surface area contributed by atoms with E-state index in [9.17, 15) is 27.9 Å². The molecule has 0 atom stereocenters. The van der Waals surface area contributed by atoms with Gasteiger partial charge in [-0.3, -0.25) is 9.69 Å². The van der Waals surface area contributed by atoms with Crippen molar-refractivity contribution >= 4 is 40.3 Å². The molecule has 0 aliphatic heterocycles. The van der Waals surface area contributed by atoms with Crippen LogP contribution in [0.1, 0.15) is 36.7 Å². The van der Waals surface area contributed by atoms with Crippen LogP contribution in [0.4, 0.5) is 23.7 Å². The fraction of sp³-hybridized carbons (Fsp3) is 0.263. The minimum absolute atomic E-state index is 0.121. The van der Waals surface area contributed by atoms with E-state index in [-0.39, 0.29) is 17.8 Å². The summed E-state index contributed by atoms with van der Waals surface area (Å²) in [6.07, 6.45) is -1.25. The van der Waals surface area contributed by atoms with Gasteiger partial charge in [0.25, 0.3) is 5.91 Å². The molecule has 0 bridgehead atoms. The van der Waals surface area contributed by atoms with E-state index in [1.807, 2.05) is 22.6 Å². The summed E-state index contributed by atoms with van der Waals surface area (Å²) in [4.78, 5) is 24.9. The van der Waals surface area contributed by atoms with Crippen molar-refractivity contribution < 1.29 is 27.9 Å². The van der Waals surface area contributed by atoms with Crippen molar-refractivity contribution in [3.63, 3.8) is 0 Å². The quantitative estimate of drug-likeness (QED) is 0.579. The molecule has 9 heteroatoms. The number of carbonyl (C=O) groups is 2. The molecule has 0 fully saturated rings. The monoisotopic (exact) mass is 506 g/mol. The molecule has 2 amide bonds. The first-order chi connectivity index (χ1) is 12.9. The van der Waals surface area contributed by atoms with E-state index in [1.54, 1.807) is 20.8 Å². The number of nitrogens with zero attached hydrogens (tertiary/aromatic N) is 1. The molecule has 5 nitrogen and oxygen atoms in total. The summed E-state index contributed by atoms with van der Waals surface area (Å²) in [5.41, 5.74) is -0.678. The summed E-state index contributed by atoms with van der Waals surface area (Å²) < 4.78 is 41.1. The minimum Gasteiger partial charge on any atom is -0.465 e. The third kappa shape index (κ3) is 4.94. The molecule has 0 saturated carbocycles. The average molecular weight is 506 g/mol. The van der Waals surface area contributed by atoms with Gasteiger partial charge in [0.2, 0.25) is 0 Å². The van der Waals surface area contributed by atoms with Gasteiger partial charge >= 0.3 is 6.09 Å². The van der Waals surface area contributed by atoms with Crippen LogP contribution in [0.3, 0.4) is 0 Å². The van der Waals surface area contributed by atoms with E-state index in [2.05, 4.69) is 5.32 Å². The van der Waals surface area contributed by atoms with Crippen molar-refractivity contribution in [2.24, 2.45) is 0 Å². The van der Waals surface area contributed by atoms with Gasteiger partial charge in [-0.2, -0.15) is 0 Å². The maximum Gasteiger partial charge on any atom is 0.412 e. The van der Waals surface area contributed by atoms with Crippen LogP contribution >= 0.6 is 22.6 Å². The molecule has 0 unspecified atom stereocenters. The Hall–Kier alpha value is -2.30. The molecule has 0 aliphatic rings. The fourth-order valence-electron chi connectivity index (χ4n) is 2.56. The third-order valence-electron chi connectivity index (χ3n) is 3.82. The van der Waals surface area contributed by atoms with Gasteiger partial charge in [0.05, 0.1) is 11.3 Å². The Labute approximate surface area is 173 Å². The van der Waals surface area contributed by atoms with Gasteiger partial charge in [0.15, 0.2) is 11.6 Å². The fourth-order valence-corrected chi connectivity index (χ4v) is 3.27. The van der Waals surface area contributed by atoms with Crippen molar-refractivity contribution in [1.29, 1.82) is 0 Å². The highest BCUT2D eigenvalue weighted by Crippen LogP contribution is 2.31. The first-order valence-corrected chi connectivity index (χ1v) is 9.24.